The lowest BCUT2D eigenvalue weighted by atomic mass is 9.88. The van der Waals surface area contributed by atoms with Gasteiger partial charge in [0.2, 0.25) is 5.91 Å². The molecule has 1 spiro atoms. The number of carbonyl (C=O) groups excluding carboxylic acids is 1. The molecule has 146 valence electrons. The van der Waals surface area contributed by atoms with Crippen LogP contribution in [0.5, 0.6) is 0 Å². The van der Waals surface area contributed by atoms with Crippen LogP contribution in [0.15, 0.2) is 36.2 Å². The Morgan fingerprint density at radius 3 is 2.85 bits per heavy atom. The van der Waals surface area contributed by atoms with Gasteiger partial charge in [-0.15, -0.1) is 0 Å². The summed E-state index contributed by atoms with van der Waals surface area (Å²) in [6, 6.07) is 3.86. The van der Waals surface area contributed by atoms with Gasteiger partial charge >= 0.3 is 0 Å². The molecule has 2 saturated heterocycles. The van der Waals surface area contributed by atoms with Crippen LogP contribution in [-0.2, 0) is 16.0 Å². The van der Waals surface area contributed by atoms with Crippen molar-refractivity contribution in [3.8, 4) is 0 Å². The van der Waals surface area contributed by atoms with Gasteiger partial charge in [-0.3, -0.25) is 14.7 Å². The highest BCUT2D eigenvalue weighted by atomic mass is 16.5. The first-order chi connectivity index (χ1) is 13.2. The molecule has 5 nitrogen and oxygen atoms in total. The molecule has 2 fully saturated rings. The molecule has 3 aliphatic rings. The Balaban J connectivity index is 1.29. The molecule has 0 unspecified atom stereocenters. The maximum Gasteiger partial charge on any atom is 0.227 e. The SMILES string of the molecule is O=C(Cc1cccnc1)N1CCC2(CC1)CN(CC1=CCCCC1)CCO2. The molecule has 3 heterocycles. The second-order valence-corrected chi connectivity index (χ2v) is 8.27. The maximum absolute atomic E-state index is 12.6. The lowest BCUT2D eigenvalue weighted by Crippen LogP contribution is -2.57. The maximum atomic E-state index is 12.6. The van der Waals surface area contributed by atoms with E-state index in [0.29, 0.717) is 6.42 Å². The smallest absolute Gasteiger partial charge is 0.227 e. The molecule has 0 atom stereocenters. The highest BCUT2D eigenvalue weighted by Gasteiger charge is 2.40. The first-order valence-corrected chi connectivity index (χ1v) is 10.4. The molecule has 5 heteroatoms. The molecule has 1 aromatic heterocycles. The highest BCUT2D eigenvalue weighted by molar-refractivity contribution is 5.78. The van der Waals surface area contributed by atoms with Crippen LogP contribution < -0.4 is 0 Å². The third-order valence-electron chi connectivity index (χ3n) is 6.24. The molecule has 0 saturated carbocycles. The summed E-state index contributed by atoms with van der Waals surface area (Å²) >= 11 is 0. The van der Waals surface area contributed by atoms with E-state index < -0.39 is 0 Å². The Hall–Kier alpha value is -1.72. The number of ether oxygens (including phenoxy) is 1. The first kappa shape index (κ1) is 18.6. The molecule has 0 bridgehead atoms. The third-order valence-corrected chi connectivity index (χ3v) is 6.24. The second kappa shape index (κ2) is 8.53. The number of piperidine rings is 1. The zero-order valence-electron chi connectivity index (χ0n) is 16.2. The second-order valence-electron chi connectivity index (χ2n) is 8.27. The van der Waals surface area contributed by atoms with Gasteiger partial charge in [0.25, 0.3) is 0 Å². The van der Waals surface area contributed by atoms with Crippen molar-refractivity contribution in [3.63, 3.8) is 0 Å². The number of nitrogens with zero attached hydrogens (tertiary/aromatic N) is 3. The van der Waals surface area contributed by atoms with E-state index in [1.54, 1.807) is 18.0 Å². The van der Waals surface area contributed by atoms with E-state index in [2.05, 4.69) is 16.0 Å². The van der Waals surface area contributed by atoms with Crippen LogP contribution in [0.3, 0.4) is 0 Å². The van der Waals surface area contributed by atoms with Gasteiger partial charge in [-0.1, -0.05) is 17.7 Å². The summed E-state index contributed by atoms with van der Waals surface area (Å²) < 4.78 is 6.26. The van der Waals surface area contributed by atoms with Crippen LogP contribution in [-0.4, -0.2) is 65.6 Å². The minimum absolute atomic E-state index is 0.0570. The number of pyridine rings is 1. The molecule has 2 aliphatic heterocycles. The molecule has 0 radical (unpaired) electrons. The summed E-state index contributed by atoms with van der Waals surface area (Å²) in [7, 11) is 0. The van der Waals surface area contributed by atoms with Gasteiger partial charge in [0.05, 0.1) is 18.6 Å². The van der Waals surface area contributed by atoms with Crippen molar-refractivity contribution in [2.75, 3.05) is 39.3 Å². The van der Waals surface area contributed by atoms with Gasteiger partial charge in [0.15, 0.2) is 0 Å². The molecule has 1 amide bonds. The van der Waals surface area contributed by atoms with Gasteiger partial charge in [-0.05, 0) is 50.2 Å². The number of carbonyl (C=O) groups is 1. The van der Waals surface area contributed by atoms with Crippen molar-refractivity contribution in [3.05, 3.63) is 41.7 Å². The number of likely N-dealkylation sites (tertiary alicyclic amines) is 1. The Morgan fingerprint density at radius 2 is 2.11 bits per heavy atom. The number of hydrogen-bond donors (Lipinski definition) is 0. The van der Waals surface area contributed by atoms with Gasteiger partial charge in [-0.25, -0.2) is 0 Å². The van der Waals surface area contributed by atoms with E-state index in [1.165, 1.54) is 25.7 Å². The Labute approximate surface area is 162 Å². The van der Waals surface area contributed by atoms with E-state index >= 15 is 0 Å². The predicted octanol–water partition coefficient (Wildman–Crippen LogP) is 2.82. The van der Waals surface area contributed by atoms with Crippen molar-refractivity contribution in [2.24, 2.45) is 0 Å². The van der Waals surface area contributed by atoms with Crippen LogP contribution in [0.4, 0.5) is 0 Å². The van der Waals surface area contributed by atoms with Crippen LogP contribution in [0.25, 0.3) is 0 Å². The Morgan fingerprint density at radius 1 is 1.22 bits per heavy atom. The predicted molar refractivity (Wildman–Crippen MR) is 105 cm³/mol. The lowest BCUT2D eigenvalue weighted by Gasteiger charge is -2.47. The largest absolute Gasteiger partial charge is 0.372 e. The number of aromatic nitrogens is 1. The van der Waals surface area contributed by atoms with Crippen LogP contribution in [0, 0.1) is 0 Å². The van der Waals surface area contributed by atoms with E-state index in [-0.39, 0.29) is 11.5 Å². The van der Waals surface area contributed by atoms with Crippen LogP contribution in [0.2, 0.25) is 0 Å². The fourth-order valence-electron chi connectivity index (χ4n) is 4.65. The first-order valence-electron chi connectivity index (χ1n) is 10.4. The van der Waals surface area contributed by atoms with Crippen molar-refractivity contribution in [2.45, 2.75) is 50.5 Å². The van der Waals surface area contributed by atoms with Crippen LogP contribution in [0.1, 0.15) is 44.1 Å². The monoisotopic (exact) mass is 369 g/mol. The number of morpholine rings is 1. The van der Waals surface area contributed by atoms with E-state index in [9.17, 15) is 4.79 Å². The van der Waals surface area contributed by atoms with Crippen molar-refractivity contribution >= 4 is 5.91 Å². The average Bonchev–Trinajstić information content (AvgIpc) is 2.70. The molecule has 1 aromatic rings. The summed E-state index contributed by atoms with van der Waals surface area (Å²) in [6.07, 6.45) is 13.5. The standard InChI is InChI=1S/C22H31N3O2/c26-21(15-20-7-4-10-23-16-20)25-11-8-22(9-12-25)18-24(13-14-27-22)17-19-5-2-1-3-6-19/h4-5,7,10,16H,1-3,6,8-9,11-15,17-18H2. The minimum atomic E-state index is -0.0570. The normalized spacial score (nSPS) is 23.3. The summed E-state index contributed by atoms with van der Waals surface area (Å²) in [5, 5.41) is 0. The quantitative estimate of drug-likeness (QED) is 0.766. The van der Waals surface area contributed by atoms with Gasteiger partial charge in [0, 0.05) is 45.1 Å². The number of rotatable bonds is 4. The van der Waals surface area contributed by atoms with Crippen LogP contribution >= 0.6 is 0 Å². The summed E-state index contributed by atoms with van der Waals surface area (Å²) in [5.41, 5.74) is 2.55. The Bertz CT molecular complexity index is 665. The summed E-state index contributed by atoms with van der Waals surface area (Å²) in [5.74, 6) is 0.206. The van der Waals surface area contributed by atoms with E-state index in [1.807, 2.05) is 17.0 Å². The summed E-state index contributed by atoms with van der Waals surface area (Å²) in [6.45, 7) is 5.56. The highest BCUT2D eigenvalue weighted by Crippen LogP contribution is 2.31. The molecule has 0 aromatic carbocycles. The van der Waals surface area contributed by atoms with Gasteiger partial charge in [0.1, 0.15) is 0 Å². The molecule has 0 N–H and O–H groups in total. The minimum Gasteiger partial charge on any atom is -0.372 e. The fraction of sp³-hybridized carbons (Fsp3) is 0.636. The number of allylic oxidation sites excluding steroid dienone is 1. The fourth-order valence-corrected chi connectivity index (χ4v) is 4.65. The molecular formula is C22H31N3O2. The van der Waals surface area contributed by atoms with Crippen molar-refractivity contribution in [1.82, 2.24) is 14.8 Å². The number of hydrogen-bond acceptors (Lipinski definition) is 4. The van der Waals surface area contributed by atoms with Gasteiger partial charge in [-0.2, -0.15) is 0 Å². The topological polar surface area (TPSA) is 45.7 Å². The number of amides is 1. The zero-order valence-corrected chi connectivity index (χ0v) is 16.2. The van der Waals surface area contributed by atoms with Crippen molar-refractivity contribution < 1.29 is 9.53 Å². The molecular weight excluding hydrogens is 338 g/mol. The van der Waals surface area contributed by atoms with Gasteiger partial charge < -0.3 is 9.64 Å². The average molecular weight is 370 g/mol. The Kier molecular flexibility index (Phi) is 5.89. The summed E-state index contributed by atoms with van der Waals surface area (Å²) in [4.78, 5) is 21.3. The van der Waals surface area contributed by atoms with Crippen molar-refractivity contribution in [1.29, 1.82) is 0 Å². The van der Waals surface area contributed by atoms with E-state index in [0.717, 1.165) is 57.7 Å². The molecule has 1 aliphatic carbocycles. The molecule has 27 heavy (non-hydrogen) atoms. The lowest BCUT2D eigenvalue weighted by molar-refractivity contribution is -0.149. The third kappa shape index (κ3) is 4.77. The molecule has 4 rings (SSSR count). The zero-order chi connectivity index (χ0) is 18.5. The van der Waals surface area contributed by atoms with E-state index in [4.69, 9.17) is 4.74 Å².